The second-order valence-electron chi connectivity index (χ2n) is 6.15. The third-order valence-electron chi connectivity index (χ3n) is 4.20. The summed E-state index contributed by atoms with van der Waals surface area (Å²) in [5.74, 6) is -0.589. The fraction of sp³-hybridized carbons (Fsp3) is 0.263. The minimum Gasteiger partial charge on any atom is -0.309 e. The minimum atomic E-state index is -4.07. The largest absolute Gasteiger partial charge is 0.309 e. The van der Waals surface area contributed by atoms with E-state index in [1.165, 1.54) is 18.2 Å². The molecule has 0 aliphatic rings. The molecule has 0 spiro atoms. The SMILES string of the molecule is CCCCN(Cc1nc2ccccc2c(=O)[nH]1)S(=O)(=O)c1ccccc1F. The molecule has 142 valence electrons. The summed E-state index contributed by atoms with van der Waals surface area (Å²) < 4.78 is 41.2. The maximum atomic E-state index is 14.1. The van der Waals surface area contributed by atoms with Gasteiger partial charge in [-0.15, -0.1) is 0 Å². The predicted molar refractivity (Wildman–Crippen MR) is 101 cm³/mol. The number of hydrogen-bond acceptors (Lipinski definition) is 4. The van der Waals surface area contributed by atoms with Gasteiger partial charge in [-0.1, -0.05) is 37.6 Å². The van der Waals surface area contributed by atoms with Crippen molar-refractivity contribution in [3.63, 3.8) is 0 Å². The van der Waals surface area contributed by atoms with Crippen LogP contribution >= 0.6 is 0 Å². The fourth-order valence-electron chi connectivity index (χ4n) is 2.79. The minimum absolute atomic E-state index is 0.142. The third kappa shape index (κ3) is 4.06. The number of rotatable bonds is 7. The molecule has 3 aromatic rings. The van der Waals surface area contributed by atoms with Crippen molar-refractivity contribution in [1.82, 2.24) is 14.3 Å². The second kappa shape index (κ2) is 7.98. The molecule has 0 atom stereocenters. The third-order valence-corrected chi connectivity index (χ3v) is 6.08. The molecule has 3 rings (SSSR count). The molecule has 1 N–H and O–H groups in total. The van der Waals surface area contributed by atoms with Crippen LogP contribution in [0.25, 0.3) is 10.9 Å². The van der Waals surface area contributed by atoms with Crippen molar-refractivity contribution >= 4 is 20.9 Å². The van der Waals surface area contributed by atoms with Crippen LogP contribution in [0.3, 0.4) is 0 Å². The molecule has 0 saturated carbocycles. The standard InChI is InChI=1S/C19H20FN3O3S/c1-2-3-12-23(27(25,26)17-11-7-5-9-15(17)20)13-18-21-16-10-6-4-8-14(16)19(24)22-18/h4-11H,2-3,12-13H2,1H3,(H,21,22,24). The summed E-state index contributed by atoms with van der Waals surface area (Å²) in [4.78, 5) is 18.8. The Balaban J connectivity index is 2.01. The Labute approximate surface area is 156 Å². The Morgan fingerprint density at radius 1 is 1.11 bits per heavy atom. The first-order chi connectivity index (χ1) is 12.9. The summed E-state index contributed by atoms with van der Waals surface area (Å²) in [6, 6.07) is 12.1. The predicted octanol–water partition coefficient (Wildman–Crippen LogP) is 3.05. The lowest BCUT2D eigenvalue weighted by Crippen LogP contribution is -2.33. The van der Waals surface area contributed by atoms with Gasteiger partial charge in [0.25, 0.3) is 5.56 Å². The molecule has 0 radical (unpaired) electrons. The molecule has 0 unspecified atom stereocenters. The summed E-state index contributed by atoms with van der Waals surface area (Å²) in [6.07, 6.45) is 1.37. The van der Waals surface area contributed by atoms with Crippen molar-refractivity contribution < 1.29 is 12.8 Å². The second-order valence-corrected chi connectivity index (χ2v) is 8.06. The van der Waals surface area contributed by atoms with Gasteiger partial charge in [0.2, 0.25) is 10.0 Å². The normalized spacial score (nSPS) is 12.0. The maximum absolute atomic E-state index is 14.1. The number of H-pyrrole nitrogens is 1. The molecule has 0 aliphatic heterocycles. The van der Waals surface area contributed by atoms with E-state index < -0.39 is 15.8 Å². The Morgan fingerprint density at radius 2 is 1.81 bits per heavy atom. The van der Waals surface area contributed by atoms with Crippen LogP contribution in [0.5, 0.6) is 0 Å². The first-order valence-corrected chi connectivity index (χ1v) is 10.1. The van der Waals surface area contributed by atoms with Crippen molar-refractivity contribution in [3.05, 3.63) is 70.5 Å². The number of sulfonamides is 1. The number of para-hydroxylation sites is 1. The van der Waals surface area contributed by atoms with E-state index in [4.69, 9.17) is 0 Å². The van der Waals surface area contributed by atoms with Gasteiger partial charge in [-0.05, 0) is 30.7 Å². The van der Waals surface area contributed by atoms with Crippen LogP contribution in [-0.2, 0) is 16.6 Å². The first-order valence-electron chi connectivity index (χ1n) is 8.66. The fourth-order valence-corrected chi connectivity index (χ4v) is 4.29. The highest BCUT2D eigenvalue weighted by Crippen LogP contribution is 2.21. The lowest BCUT2D eigenvalue weighted by atomic mass is 10.2. The Hall–Kier alpha value is -2.58. The number of nitrogens with zero attached hydrogens (tertiary/aromatic N) is 2. The zero-order valence-corrected chi connectivity index (χ0v) is 15.7. The van der Waals surface area contributed by atoms with E-state index in [-0.39, 0.29) is 29.4 Å². The quantitative estimate of drug-likeness (QED) is 0.673. The summed E-state index contributed by atoms with van der Waals surface area (Å²) in [5, 5.41) is 0.429. The van der Waals surface area contributed by atoms with Crippen LogP contribution in [0.1, 0.15) is 25.6 Å². The van der Waals surface area contributed by atoms with E-state index in [9.17, 15) is 17.6 Å². The van der Waals surface area contributed by atoms with Gasteiger partial charge in [0.15, 0.2) is 0 Å². The highest BCUT2D eigenvalue weighted by atomic mass is 32.2. The monoisotopic (exact) mass is 389 g/mol. The maximum Gasteiger partial charge on any atom is 0.258 e. The van der Waals surface area contributed by atoms with E-state index in [1.54, 1.807) is 24.3 Å². The van der Waals surface area contributed by atoms with Gasteiger partial charge in [0.1, 0.15) is 16.5 Å². The van der Waals surface area contributed by atoms with Crippen molar-refractivity contribution in [2.24, 2.45) is 0 Å². The van der Waals surface area contributed by atoms with Crippen LogP contribution in [0.4, 0.5) is 4.39 Å². The van der Waals surface area contributed by atoms with Gasteiger partial charge < -0.3 is 4.98 Å². The summed E-state index contributed by atoms with van der Waals surface area (Å²) in [6.45, 7) is 1.99. The van der Waals surface area contributed by atoms with Crippen LogP contribution in [0, 0.1) is 5.82 Å². The zero-order chi connectivity index (χ0) is 19.4. The average Bonchev–Trinajstić information content (AvgIpc) is 2.65. The van der Waals surface area contributed by atoms with Gasteiger partial charge in [-0.3, -0.25) is 4.79 Å². The average molecular weight is 389 g/mol. The van der Waals surface area contributed by atoms with Gasteiger partial charge in [0, 0.05) is 6.54 Å². The molecule has 8 heteroatoms. The van der Waals surface area contributed by atoms with E-state index in [2.05, 4.69) is 9.97 Å². The summed E-state index contributed by atoms with van der Waals surface area (Å²) in [5.41, 5.74) is 0.143. The number of aromatic nitrogens is 2. The lowest BCUT2D eigenvalue weighted by Gasteiger charge is -2.22. The number of aromatic amines is 1. The van der Waals surface area contributed by atoms with Crippen LogP contribution < -0.4 is 5.56 Å². The smallest absolute Gasteiger partial charge is 0.258 e. The highest BCUT2D eigenvalue weighted by molar-refractivity contribution is 7.89. The molecular weight excluding hydrogens is 369 g/mol. The molecule has 27 heavy (non-hydrogen) atoms. The number of nitrogens with one attached hydrogen (secondary N) is 1. The van der Waals surface area contributed by atoms with E-state index in [0.29, 0.717) is 17.3 Å². The van der Waals surface area contributed by atoms with E-state index >= 15 is 0 Å². The van der Waals surface area contributed by atoms with Crippen LogP contribution in [-0.4, -0.2) is 29.2 Å². The molecule has 1 heterocycles. The Bertz CT molecular complexity index is 1110. The molecule has 0 saturated heterocycles. The van der Waals surface area contributed by atoms with Crippen LogP contribution in [0.2, 0.25) is 0 Å². The van der Waals surface area contributed by atoms with Gasteiger partial charge in [-0.25, -0.2) is 17.8 Å². The number of halogens is 1. The van der Waals surface area contributed by atoms with Gasteiger partial charge in [0.05, 0.1) is 17.4 Å². The van der Waals surface area contributed by atoms with E-state index in [1.807, 2.05) is 6.92 Å². The number of hydrogen-bond donors (Lipinski definition) is 1. The number of unbranched alkanes of at least 4 members (excludes halogenated alkanes) is 1. The molecule has 0 amide bonds. The van der Waals surface area contributed by atoms with Gasteiger partial charge >= 0.3 is 0 Å². The molecular formula is C19H20FN3O3S. The van der Waals surface area contributed by atoms with Crippen molar-refractivity contribution in [1.29, 1.82) is 0 Å². The van der Waals surface area contributed by atoms with E-state index in [0.717, 1.165) is 16.8 Å². The van der Waals surface area contributed by atoms with Crippen molar-refractivity contribution in [2.75, 3.05) is 6.54 Å². The molecule has 0 fully saturated rings. The molecule has 2 aromatic carbocycles. The van der Waals surface area contributed by atoms with Crippen molar-refractivity contribution in [3.8, 4) is 0 Å². The molecule has 0 aliphatic carbocycles. The highest BCUT2D eigenvalue weighted by Gasteiger charge is 2.27. The first kappa shape index (κ1) is 19.2. The molecule has 1 aromatic heterocycles. The Kier molecular flexibility index (Phi) is 5.67. The lowest BCUT2D eigenvalue weighted by molar-refractivity contribution is 0.387. The summed E-state index contributed by atoms with van der Waals surface area (Å²) in [7, 11) is -4.07. The molecule has 0 bridgehead atoms. The Morgan fingerprint density at radius 3 is 2.56 bits per heavy atom. The summed E-state index contributed by atoms with van der Waals surface area (Å²) >= 11 is 0. The number of fused-ring (bicyclic) bond motifs is 1. The topological polar surface area (TPSA) is 83.1 Å². The zero-order valence-electron chi connectivity index (χ0n) is 14.9. The van der Waals surface area contributed by atoms with Gasteiger partial charge in [-0.2, -0.15) is 4.31 Å². The van der Waals surface area contributed by atoms with Crippen molar-refractivity contribution in [2.45, 2.75) is 31.2 Å². The number of benzene rings is 2. The van der Waals surface area contributed by atoms with Crippen LogP contribution in [0.15, 0.2) is 58.2 Å². The molecule has 6 nitrogen and oxygen atoms in total.